The fourth-order valence-electron chi connectivity index (χ4n) is 2.48. The number of amides is 1. The molecule has 3 heteroatoms. The third-order valence-electron chi connectivity index (χ3n) is 3.74. The van der Waals surface area contributed by atoms with Gasteiger partial charge in [0.1, 0.15) is 0 Å². The summed E-state index contributed by atoms with van der Waals surface area (Å²) >= 11 is 6.07. The average molecular weight is 310 g/mol. The lowest BCUT2D eigenvalue weighted by Gasteiger charge is -2.15. The molecule has 0 saturated carbocycles. The molecular weight excluding hydrogens is 294 g/mol. The van der Waals surface area contributed by atoms with E-state index < -0.39 is 0 Å². The van der Waals surface area contributed by atoms with Crippen LogP contribution in [0.4, 0.5) is 0 Å². The van der Waals surface area contributed by atoms with E-state index in [0.717, 1.165) is 5.56 Å². The van der Waals surface area contributed by atoms with Gasteiger partial charge in [-0.1, -0.05) is 60.1 Å². The Balaban J connectivity index is 1.82. The lowest BCUT2D eigenvalue weighted by atomic mass is 10.0. The summed E-state index contributed by atoms with van der Waals surface area (Å²) in [6, 6.07) is 21.4. The maximum absolute atomic E-state index is 12.3. The number of benzene rings is 3. The van der Waals surface area contributed by atoms with Crippen LogP contribution in [0.2, 0.25) is 5.02 Å². The summed E-state index contributed by atoms with van der Waals surface area (Å²) in [7, 11) is 0. The van der Waals surface area contributed by atoms with Crippen LogP contribution in [-0.4, -0.2) is 5.91 Å². The third-order valence-corrected chi connectivity index (χ3v) is 4.07. The summed E-state index contributed by atoms with van der Waals surface area (Å²) in [5, 5.41) is 5.81. The minimum Gasteiger partial charge on any atom is -0.345 e. The number of carbonyl (C=O) groups excluding carboxylic acids is 1. The molecule has 3 aromatic carbocycles. The van der Waals surface area contributed by atoms with E-state index in [1.807, 2.05) is 37.3 Å². The molecule has 0 saturated heterocycles. The molecule has 1 N–H and O–H groups in total. The Labute approximate surface area is 134 Å². The number of carbonyl (C=O) groups is 1. The molecule has 0 heterocycles. The van der Waals surface area contributed by atoms with Gasteiger partial charge in [-0.15, -0.1) is 0 Å². The highest BCUT2D eigenvalue weighted by Gasteiger charge is 2.14. The van der Waals surface area contributed by atoms with E-state index >= 15 is 0 Å². The van der Waals surface area contributed by atoms with E-state index in [9.17, 15) is 4.79 Å². The van der Waals surface area contributed by atoms with Crippen LogP contribution in [0.1, 0.15) is 28.9 Å². The molecule has 22 heavy (non-hydrogen) atoms. The molecule has 1 atom stereocenters. The molecule has 2 nitrogen and oxygen atoms in total. The molecule has 3 aromatic rings. The van der Waals surface area contributed by atoms with Gasteiger partial charge in [0.05, 0.1) is 16.6 Å². The SMILES string of the molecule is C[C@@H](NC(=O)c1ccccc1Cl)c1ccc2ccccc2c1. The van der Waals surface area contributed by atoms with Gasteiger partial charge in [-0.25, -0.2) is 0 Å². The van der Waals surface area contributed by atoms with Crippen LogP contribution in [0.5, 0.6) is 0 Å². The second-order valence-corrected chi connectivity index (χ2v) is 5.69. The molecule has 0 aliphatic carbocycles. The van der Waals surface area contributed by atoms with Gasteiger partial charge in [-0.05, 0) is 41.5 Å². The van der Waals surface area contributed by atoms with Crippen molar-refractivity contribution in [2.24, 2.45) is 0 Å². The van der Waals surface area contributed by atoms with Gasteiger partial charge in [-0.2, -0.15) is 0 Å². The fraction of sp³-hybridized carbons (Fsp3) is 0.105. The lowest BCUT2D eigenvalue weighted by molar-refractivity contribution is 0.0940. The van der Waals surface area contributed by atoms with Crippen LogP contribution in [0, 0.1) is 0 Å². The van der Waals surface area contributed by atoms with Crippen molar-refractivity contribution in [3.63, 3.8) is 0 Å². The Morgan fingerprint density at radius 1 is 0.955 bits per heavy atom. The molecule has 1 amide bonds. The predicted molar refractivity (Wildman–Crippen MR) is 91.3 cm³/mol. The summed E-state index contributed by atoms with van der Waals surface area (Å²) in [6.45, 7) is 1.97. The quantitative estimate of drug-likeness (QED) is 0.726. The summed E-state index contributed by atoms with van der Waals surface area (Å²) in [5.74, 6) is -0.161. The van der Waals surface area contributed by atoms with Crippen molar-refractivity contribution in [1.82, 2.24) is 5.32 Å². The maximum Gasteiger partial charge on any atom is 0.253 e. The molecule has 0 aliphatic heterocycles. The zero-order chi connectivity index (χ0) is 15.5. The minimum absolute atomic E-state index is 0.0895. The van der Waals surface area contributed by atoms with Gasteiger partial charge >= 0.3 is 0 Å². The van der Waals surface area contributed by atoms with Crippen LogP contribution in [-0.2, 0) is 0 Å². The average Bonchev–Trinajstić information content (AvgIpc) is 2.54. The Bertz CT molecular complexity index is 828. The third kappa shape index (κ3) is 2.97. The van der Waals surface area contributed by atoms with Gasteiger partial charge in [0.2, 0.25) is 0 Å². The zero-order valence-corrected chi connectivity index (χ0v) is 13.0. The van der Waals surface area contributed by atoms with Crippen LogP contribution >= 0.6 is 11.6 Å². The van der Waals surface area contributed by atoms with Crippen molar-refractivity contribution in [3.8, 4) is 0 Å². The van der Waals surface area contributed by atoms with Gasteiger partial charge in [0.25, 0.3) is 5.91 Å². The Morgan fingerprint density at radius 3 is 2.41 bits per heavy atom. The second kappa shape index (κ2) is 6.20. The van der Waals surface area contributed by atoms with E-state index in [1.165, 1.54) is 10.8 Å². The van der Waals surface area contributed by atoms with Crippen molar-refractivity contribution in [2.75, 3.05) is 0 Å². The Kier molecular flexibility index (Phi) is 4.12. The standard InChI is InChI=1S/C19H16ClNO/c1-13(21-19(22)17-8-4-5-9-18(17)20)15-11-10-14-6-2-3-7-16(14)12-15/h2-13H,1H3,(H,21,22)/t13-/m1/s1. The molecule has 0 aromatic heterocycles. The number of rotatable bonds is 3. The predicted octanol–water partition coefficient (Wildman–Crippen LogP) is 4.98. The van der Waals surface area contributed by atoms with E-state index in [1.54, 1.807) is 12.1 Å². The molecule has 0 spiro atoms. The summed E-state index contributed by atoms with van der Waals surface area (Å²) in [6.07, 6.45) is 0. The lowest BCUT2D eigenvalue weighted by Crippen LogP contribution is -2.26. The first kappa shape index (κ1) is 14.6. The summed E-state index contributed by atoms with van der Waals surface area (Å²) < 4.78 is 0. The van der Waals surface area contributed by atoms with Crippen molar-refractivity contribution in [3.05, 3.63) is 82.9 Å². The number of halogens is 1. The molecule has 3 rings (SSSR count). The van der Waals surface area contributed by atoms with Gasteiger partial charge in [-0.3, -0.25) is 4.79 Å². The zero-order valence-electron chi connectivity index (χ0n) is 12.2. The first-order valence-electron chi connectivity index (χ1n) is 7.19. The number of hydrogen-bond acceptors (Lipinski definition) is 1. The van der Waals surface area contributed by atoms with Crippen LogP contribution in [0.25, 0.3) is 10.8 Å². The number of nitrogens with one attached hydrogen (secondary N) is 1. The molecule has 0 unspecified atom stereocenters. The molecule has 0 radical (unpaired) electrons. The topological polar surface area (TPSA) is 29.1 Å². The number of hydrogen-bond donors (Lipinski definition) is 1. The highest BCUT2D eigenvalue weighted by Crippen LogP contribution is 2.21. The van der Waals surface area contributed by atoms with Crippen molar-refractivity contribution >= 4 is 28.3 Å². The van der Waals surface area contributed by atoms with E-state index in [2.05, 4.69) is 29.6 Å². The molecule has 0 aliphatic rings. The van der Waals surface area contributed by atoms with E-state index in [-0.39, 0.29) is 11.9 Å². The summed E-state index contributed by atoms with van der Waals surface area (Å²) in [5.41, 5.74) is 1.57. The van der Waals surface area contributed by atoms with E-state index in [4.69, 9.17) is 11.6 Å². The van der Waals surface area contributed by atoms with Crippen LogP contribution in [0.15, 0.2) is 66.7 Å². The highest BCUT2D eigenvalue weighted by atomic mass is 35.5. The Morgan fingerprint density at radius 2 is 1.64 bits per heavy atom. The van der Waals surface area contributed by atoms with Crippen LogP contribution in [0.3, 0.4) is 0 Å². The van der Waals surface area contributed by atoms with Crippen molar-refractivity contribution in [1.29, 1.82) is 0 Å². The maximum atomic E-state index is 12.3. The minimum atomic E-state index is -0.161. The van der Waals surface area contributed by atoms with Gasteiger partial charge in [0, 0.05) is 0 Å². The smallest absolute Gasteiger partial charge is 0.253 e. The van der Waals surface area contributed by atoms with Crippen molar-refractivity contribution in [2.45, 2.75) is 13.0 Å². The molecule has 110 valence electrons. The number of fused-ring (bicyclic) bond motifs is 1. The first-order valence-corrected chi connectivity index (χ1v) is 7.57. The molecular formula is C19H16ClNO. The molecule has 0 bridgehead atoms. The second-order valence-electron chi connectivity index (χ2n) is 5.28. The van der Waals surface area contributed by atoms with Crippen LogP contribution < -0.4 is 5.32 Å². The largest absolute Gasteiger partial charge is 0.345 e. The normalized spacial score (nSPS) is 12.1. The monoisotopic (exact) mass is 309 g/mol. The van der Waals surface area contributed by atoms with Gasteiger partial charge in [0.15, 0.2) is 0 Å². The summed E-state index contributed by atoms with van der Waals surface area (Å²) in [4.78, 5) is 12.3. The van der Waals surface area contributed by atoms with Crippen molar-refractivity contribution < 1.29 is 4.79 Å². The molecule has 0 fully saturated rings. The van der Waals surface area contributed by atoms with Gasteiger partial charge < -0.3 is 5.32 Å². The first-order chi connectivity index (χ1) is 10.6. The highest BCUT2D eigenvalue weighted by molar-refractivity contribution is 6.33. The Hall–Kier alpha value is -2.32. The fourth-order valence-corrected chi connectivity index (χ4v) is 2.70. The van der Waals surface area contributed by atoms with E-state index in [0.29, 0.717) is 10.6 Å².